The zero-order valence-electron chi connectivity index (χ0n) is 15.3. The number of aromatic amines is 1. The van der Waals surface area contributed by atoms with Gasteiger partial charge in [-0.15, -0.1) is 0 Å². The molecule has 0 amide bonds. The smallest absolute Gasteiger partial charge is 0.457 e. The summed E-state index contributed by atoms with van der Waals surface area (Å²) in [6, 6.07) is 5.79. The van der Waals surface area contributed by atoms with E-state index in [9.17, 15) is 4.79 Å². The van der Waals surface area contributed by atoms with Crippen LogP contribution in [0.4, 0.5) is 4.79 Å². The number of hydrogen-bond acceptors (Lipinski definition) is 6. The molecule has 0 radical (unpaired) electrons. The van der Waals surface area contributed by atoms with Gasteiger partial charge in [-0.1, -0.05) is 6.07 Å². The molecule has 0 atom stereocenters. The number of rotatable bonds is 7. The zero-order valence-corrected chi connectivity index (χ0v) is 15.3. The molecule has 0 saturated carbocycles. The normalized spacial score (nSPS) is 15.3. The van der Waals surface area contributed by atoms with Crippen molar-refractivity contribution >= 4 is 17.1 Å². The first-order chi connectivity index (χ1) is 12.6. The van der Waals surface area contributed by atoms with Crippen molar-refractivity contribution in [2.45, 2.75) is 25.4 Å². The maximum atomic E-state index is 11.8. The number of ether oxygens (including phenoxy) is 4. The lowest BCUT2D eigenvalue weighted by atomic mass is 10.1. The minimum atomic E-state index is -0.703. The molecule has 1 aliphatic heterocycles. The molecule has 26 heavy (non-hydrogen) atoms. The van der Waals surface area contributed by atoms with Gasteiger partial charge in [0, 0.05) is 36.5 Å². The van der Waals surface area contributed by atoms with Crippen molar-refractivity contribution in [2.24, 2.45) is 0 Å². The summed E-state index contributed by atoms with van der Waals surface area (Å²) in [7, 11) is 4.09. The van der Waals surface area contributed by atoms with Crippen molar-refractivity contribution in [1.82, 2.24) is 9.88 Å². The Morgan fingerprint density at radius 2 is 2.12 bits per heavy atom. The first-order valence-corrected chi connectivity index (χ1v) is 8.91. The number of H-pyrrole nitrogens is 1. The molecule has 1 fully saturated rings. The van der Waals surface area contributed by atoms with Crippen molar-refractivity contribution in [3.8, 4) is 5.75 Å². The number of hydrogen-bond donors (Lipinski definition) is 1. The Labute approximate surface area is 153 Å². The van der Waals surface area contributed by atoms with E-state index in [2.05, 4.69) is 9.88 Å². The zero-order chi connectivity index (χ0) is 18.4. The SMILES string of the molecule is CN(C)CCc1c[nH]c2cccc(OCOC(=O)OC3CCOCC3)c12. The van der Waals surface area contributed by atoms with Crippen molar-refractivity contribution < 1.29 is 23.7 Å². The Kier molecular flexibility index (Phi) is 6.35. The van der Waals surface area contributed by atoms with Gasteiger partial charge in [-0.05, 0) is 38.2 Å². The fraction of sp³-hybridized carbons (Fsp3) is 0.526. The summed E-state index contributed by atoms with van der Waals surface area (Å²) >= 11 is 0. The van der Waals surface area contributed by atoms with Gasteiger partial charge in [-0.25, -0.2) is 4.79 Å². The average molecular weight is 362 g/mol. The third kappa shape index (κ3) is 4.89. The first-order valence-electron chi connectivity index (χ1n) is 8.91. The van der Waals surface area contributed by atoms with Crippen LogP contribution in [0, 0.1) is 0 Å². The van der Waals surface area contributed by atoms with Crippen LogP contribution in [0.5, 0.6) is 5.75 Å². The highest BCUT2D eigenvalue weighted by Gasteiger charge is 2.19. The molecule has 7 heteroatoms. The second-order valence-electron chi connectivity index (χ2n) is 6.63. The third-order valence-electron chi connectivity index (χ3n) is 4.40. The monoisotopic (exact) mass is 362 g/mol. The van der Waals surface area contributed by atoms with Crippen LogP contribution in [0.3, 0.4) is 0 Å². The maximum Gasteiger partial charge on any atom is 0.511 e. The van der Waals surface area contributed by atoms with E-state index in [0.29, 0.717) is 31.8 Å². The molecule has 3 rings (SSSR count). The van der Waals surface area contributed by atoms with Crippen molar-refractivity contribution in [2.75, 3.05) is 40.6 Å². The van der Waals surface area contributed by atoms with Crippen LogP contribution in [-0.4, -0.2) is 62.8 Å². The molecule has 0 unspecified atom stereocenters. The van der Waals surface area contributed by atoms with Gasteiger partial charge in [0.2, 0.25) is 6.79 Å². The predicted molar refractivity (Wildman–Crippen MR) is 97.5 cm³/mol. The van der Waals surface area contributed by atoms with Gasteiger partial charge in [-0.3, -0.25) is 0 Å². The van der Waals surface area contributed by atoms with Crippen LogP contribution in [0.25, 0.3) is 10.9 Å². The first kappa shape index (κ1) is 18.5. The Morgan fingerprint density at radius 3 is 2.88 bits per heavy atom. The highest BCUT2D eigenvalue weighted by molar-refractivity contribution is 5.89. The summed E-state index contributed by atoms with van der Waals surface area (Å²) in [4.78, 5) is 17.2. The second kappa shape index (κ2) is 8.91. The average Bonchev–Trinajstić information content (AvgIpc) is 3.05. The van der Waals surface area contributed by atoms with E-state index in [-0.39, 0.29) is 12.9 Å². The summed E-state index contributed by atoms with van der Waals surface area (Å²) in [5, 5.41) is 1.02. The Hall–Kier alpha value is -2.25. The molecule has 2 heterocycles. The number of nitrogens with zero attached hydrogens (tertiary/aromatic N) is 1. The van der Waals surface area contributed by atoms with Crippen molar-refractivity contribution in [1.29, 1.82) is 0 Å². The Balaban J connectivity index is 1.56. The molecule has 142 valence electrons. The summed E-state index contributed by atoms with van der Waals surface area (Å²) in [5.41, 5.74) is 2.18. The molecular weight excluding hydrogens is 336 g/mol. The van der Waals surface area contributed by atoms with Crippen LogP contribution >= 0.6 is 0 Å². The van der Waals surface area contributed by atoms with Gasteiger partial charge in [0.25, 0.3) is 0 Å². The highest BCUT2D eigenvalue weighted by atomic mass is 16.8. The van der Waals surface area contributed by atoms with Gasteiger partial charge in [0.15, 0.2) is 0 Å². The van der Waals surface area contributed by atoms with Crippen LogP contribution < -0.4 is 4.74 Å². The molecule has 0 spiro atoms. The largest absolute Gasteiger partial charge is 0.511 e. The molecule has 1 aromatic carbocycles. The number of nitrogens with one attached hydrogen (secondary N) is 1. The molecule has 1 aromatic heterocycles. The molecule has 2 aromatic rings. The number of aromatic nitrogens is 1. The van der Waals surface area contributed by atoms with Crippen molar-refractivity contribution in [3.63, 3.8) is 0 Å². The Morgan fingerprint density at radius 1 is 1.31 bits per heavy atom. The summed E-state index contributed by atoms with van der Waals surface area (Å²) in [6.07, 6.45) is 3.47. The predicted octanol–water partition coefficient (Wildman–Crippen LogP) is 2.94. The lowest BCUT2D eigenvalue weighted by Gasteiger charge is -2.21. The number of carbonyl (C=O) groups excluding carboxylic acids is 1. The van der Waals surface area contributed by atoms with E-state index in [0.717, 1.165) is 23.9 Å². The summed E-state index contributed by atoms with van der Waals surface area (Å²) in [6.45, 7) is 1.98. The fourth-order valence-corrected chi connectivity index (χ4v) is 2.99. The molecule has 0 bridgehead atoms. The lowest BCUT2D eigenvalue weighted by molar-refractivity contribution is -0.0455. The van der Waals surface area contributed by atoms with Gasteiger partial charge in [0.1, 0.15) is 11.9 Å². The second-order valence-corrected chi connectivity index (χ2v) is 6.63. The minimum Gasteiger partial charge on any atom is -0.457 e. The summed E-state index contributed by atoms with van der Waals surface area (Å²) in [5.74, 6) is 0.691. The fourth-order valence-electron chi connectivity index (χ4n) is 2.99. The minimum absolute atomic E-state index is 0.137. The van der Waals surface area contributed by atoms with Gasteiger partial charge >= 0.3 is 6.16 Å². The van der Waals surface area contributed by atoms with Gasteiger partial charge in [-0.2, -0.15) is 0 Å². The number of likely N-dealkylation sites (N-methyl/N-ethyl adjacent to an activating group) is 1. The number of fused-ring (bicyclic) bond motifs is 1. The van der Waals surface area contributed by atoms with E-state index in [4.69, 9.17) is 18.9 Å². The standard InChI is InChI=1S/C19H26N2O5/c1-21(2)9-6-14-12-20-16-4-3-5-17(18(14)16)24-13-25-19(22)26-15-7-10-23-11-8-15/h3-5,12,15,20H,6-11,13H2,1-2H3. The maximum absolute atomic E-state index is 11.8. The molecule has 1 N–H and O–H groups in total. The molecular formula is C19H26N2O5. The summed E-state index contributed by atoms with van der Waals surface area (Å²) < 4.78 is 21.3. The van der Waals surface area contributed by atoms with Gasteiger partial charge in [0.05, 0.1) is 13.2 Å². The molecule has 1 saturated heterocycles. The van der Waals surface area contributed by atoms with E-state index in [1.54, 1.807) is 0 Å². The van der Waals surface area contributed by atoms with E-state index < -0.39 is 6.16 Å². The van der Waals surface area contributed by atoms with Gasteiger partial charge < -0.3 is 28.8 Å². The third-order valence-corrected chi connectivity index (χ3v) is 4.40. The van der Waals surface area contributed by atoms with Crippen LogP contribution in [0.1, 0.15) is 18.4 Å². The number of benzene rings is 1. The van der Waals surface area contributed by atoms with Crippen LogP contribution in [0.2, 0.25) is 0 Å². The van der Waals surface area contributed by atoms with Crippen LogP contribution in [-0.2, 0) is 20.6 Å². The molecule has 7 nitrogen and oxygen atoms in total. The number of carbonyl (C=O) groups is 1. The van der Waals surface area contributed by atoms with E-state index in [1.807, 2.05) is 38.5 Å². The quantitative estimate of drug-likeness (QED) is 0.603. The Bertz CT molecular complexity index is 722. The molecule has 0 aliphatic carbocycles. The topological polar surface area (TPSA) is 73.0 Å². The molecule has 1 aliphatic rings. The van der Waals surface area contributed by atoms with Crippen molar-refractivity contribution in [3.05, 3.63) is 30.0 Å². The van der Waals surface area contributed by atoms with E-state index in [1.165, 1.54) is 5.56 Å². The highest BCUT2D eigenvalue weighted by Crippen LogP contribution is 2.29. The van der Waals surface area contributed by atoms with E-state index >= 15 is 0 Å². The lowest BCUT2D eigenvalue weighted by Crippen LogP contribution is -2.27. The van der Waals surface area contributed by atoms with Crippen LogP contribution in [0.15, 0.2) is 24.4 Å².